The molecule has 1 heterocycles. The van der Waals surface area contributed by atoms with E-state index in [0.717, 1.165) is 12.0 Å². The van der Waals surface area contributed by atoms with Gasteiger partial charge >= 0.3 is 0 Å². The summed E-state index contributed by atoms with van der Waals surface area (Å²) in [6.45, 7) is 17.8. The van der Waals surface area contributed by atoms with Gasteiger partial charge in [-0.05, 0) is 53.0 Å². The first-order valence-electron chi connectivity index (χ1n) is 7.41. The van der Waals surface area contributed by atoms with Crippen molar-refractivity contribution in [3.63, 3.8) is 0 Å². The van der Waals surface area contributed by atoms with Crippen molar-refractivity contribution >= 4 is 0 Å². The van der Waals surface area contributed by atoms with Gasteiger partial charge in [-0.2, -0.15) is 0 Å². The Morgan fingerprint density at radius 3 is 2.18 bits per heavy atom. The molecule has 0 aliphatic carbocycles. The molecular formula is C15H32N2. The molecule has 0 amide bonds. The van der Waals surface area contributed by atoms with Gasteiger partial charge in [0.15, 0.2) is 0 Å². The second-order valence-corrected chi connectivity index (χ2v) is 6.52. The van der Waals surface area contributed by atoms with E-state index in [4.69, 9.17) is 0 Å². The third kappa shape index (κ3) is 4.59. The van der Waals surface area contributed by atoms with Crippen LogP contribution in [-0.4, -0.2) is 47.6 Å². The average molecular weight is 240 g/mol. The van der Waals surface area contributed by atoms with Crippen LogP contribution in [0.2, 0.25) is 0 Å². The maximum Gasteiger partial charge on any atom is 0.0198 e. The Labute approximate surface area is 108 Å². The Hall–Kier alpha value is -0.0800. The number of hydrogen-bond acceptors (Lipinski definition) is 2. The van der Waals surface area contributed by atoms with Crippen LogP contribution in [0.15, 0.2) is 0 Å². The second-order valence-electron chi connectivity index (χ2n) is 6.52. The van der Waals surface area contributed by atoms with Gasteiger partial charge in [-0.25, -0.2) is 0 Å². The summed E-state index contributed by atoms with van der Waals surface area (Å²) >= 11 is 0. The lowest BCUT2D eigenvalue weighted by atomic mass is 10.0. The van der Waals surface area contributed by atoms with Crippen molar-refractivity contribution in [2.75, 3.05) is 19.6 Å². The molecule has 1 aliphatic heterocycles. The summed E-state index contributed by atoms with van der Waals surface area (Å²) in [5.74, 6) is 0.847. The largest absolute Gasteiger partial charge is 0.298 e. The molecule has 0 bridgehead atoms. The molecule has 0 radical (unpaired) electrons. The Morgan fingerprint density at radius 1 is 1.00 bits per heavy atom. The van der Waals surface area contributed by atoms with E-state index >= 15 is 0 Å². The first-order chi connectivity index (χ1) is 7.91. The van der Waals surface area contributed by atoms with Crippen molar-refractivity contribution in [3.8, 4) is 0 Å². The minimum Gasteiger partial charge on any atom is -0.298 e. The predicted molar refractivity (Wildman–Crippen MR) is 76.4 cm³/mol. The predicted octanol–water partition coefficient (Wildman–Crippen LogP) is 3.23. The Kier molecular flexibility index (Phi) is 5.94. The summed E-state index contributed by atoms with van der Waals surface area (Å²) < 4.78 is 0. The van der Waals surface area contributed by atoms with E-state index in [2.05, 4.69) is 51.3 Å². The highest BCUT2D eigenvalue weighted by Gasteiger charge is 2.29. The maximum atomic E-state index is 2.69. The van der Waals surface area contributed by atoms with Crippen molar-refractivity contribution in [1.29, 1.82) is 0 Å². The minimum atomic E-state index is 0.685. The minimum absolute atomic E-state index is 0.685. The Balaban J connectivity index is 2.38. The molecule has 1 aliphatic rings. The number of nitrogens with zero attached hydrogens (tertiary/aromatic N) is 2. The molecule has 1 saturated heterocycles. The Morgan fingerprint density at radius 2 is 1.65 bits per heavy atom. The summed E-state index contributed by atoms with van der Waals surface area (Å²) in [4.78, 5) is 5.33. The topological polar surface area (TPSA) is 6.48 Å². The van der Waals surface area contributed by atoms with Crippen molar-refractivity contribution in [3.05, 3.63) is 0 Å². The molecular weight excluding hydrogens is 208 g/mol. The fourth-order valence-electron chi connectivity index (χ4n) is 2.96. The van der Waals surface area contributed by atoms with Crippen molar-refractivity contribution in [2.24, 2.45) is 5.92 Å². The molecule has 0 unspecified atom stereocenters. The second kappa shape index (κ2) is 6.75. The molecule has 1 fully saturated rings. The third-order valence-corrected chi connectivity index (χ3v) is 4.05. The van der Waals surface area contributed by atoms with Gasteiger partial charge in [0, 0.05) is 31.2 Å². The highest BCUT2D eigenvalue weighted by Crippen LogP contribution is 2.18. The monoisotopic (exact) mass is 240 g/mol. The van der Waals surface area contributed by atoms with Gasteiger partial charge in [0.05, 0.1) is 0 Å². The SMILES string of the molecule is CC(C)CCCN1C[C@H](C)N(C(C)C)C[C@H]1C. The van der Waals surface area contributed by atoms with E-state index in [-0.39, 0.29) is 0 Å². The van der Waals surface area contributed by atoms with Gasteiger partial charge in [0.1, 0.15) is 0 Å². The van der Waals surface area contributed by atoms with Crippen LogP contribution in [0, 0.1) is 5.92 Å². The van der Waals surface area contributed by atoms with Crippen LogP contribution in [0.4, 0.5) is 0 Å². The molecule has 2 atom stereocenters. The summed E-state index contributed by atoms with van der Waals surface area (Å²) in [6.07, 6.45) is 2.72. The van der Waals surface area contributed by atoms with E-state index in [0.29, 0.717) is 12.1 Å². The van der Waals surface area contributed by atoms with Gasteiger partial charge in [0.2, 0.25) is 0 Å². The van der Waals surface area contributed by atoms with E-state index in [9.17, 15) is 0 Å². The molecule has 0 spiro atoms. The molecule has 17 heavy (non-hydrogen) atoms. The fourth-order valence-corrected chi connectivity index (χ4v) is 2.96. The zero-order valence-corrected chi connectivity index (χ0v) is 12.7. The molecule has 0 aromatic heterocycles. The van der Waals surface area contributed by atoms with E-state index in [1.165, 1.54) is 32.5 Å². The standard InChI is InChI=1S/C15H32N2/c1-12(2)8-7-9-16-10-15(6)17(13(3)4)11-14(16)5/h12-15H,7-11H2,1-6H3/t14-,15+/m1/s1. The molecule has 102 valence electrons. The van der Waals surface area contributed by atoms with Crippen LogP contribution in [0.3, 0.4) is 0 Å². The van der Waals surface area contributed by atoms with Crippen molar-refractivity contribution in [2.45, 2.75) is 72.5 Å². The zero-order chi connectivity index (χ0) is 13.0. The van der Waals surface area contributed by atoms with E-state index in [1.54, 1.807) is 0 Å². The van der Waals surface area contributed by atoms with Crippen LogP contribution >= 0.6 is 0 Å². The summed E-state index contributed by atoms with van der Waals surface area (Å²) in [5.41, 5.74) is 0. The molecule has 0 saturated carbocycles. The summed E-state index contributed by atoms with van der Waals surface area (Å²) in [7, 11) is 0. The summed E-state index contributed by atoms with van der Waals surface area (Å²) in [6, 6.07) is 2.12. The number of rotatable bonds is 5. The van der Waals surface area contributed by atoms with Crippen LogP contribution < -0.4 is 0 Å². The summed E-state index contributed by atoms with van der Waals surface area (Å²) in [5, 5.41) is 0. The zero-order valence-electron chi connectivity index (χ0n) is 12.7. The van der Waals surface area contributed by atoms with E-state index < -0.39 is 0 Å². The first kappa shape index (κ1) is 15.0. The highest BCUT2D eigenvalue weighted by atomic mass is 15.3. The molecule has 2 nitrogen and oxygen atoms in total. The Bertz CT molecular complexity index is 213. The molecule has 2 heteroatoms. The quantitative estimate of drug-likeness (QED) is 0.728. The van der Waals surface area contributed by atoms with Crippen LogP contribution in [0.25, 0.3) is 0 Å². The van der Waals surface area contributed by atoms with Gasteiger partial charge in [-0.3, -0.25) is 9.80 Å². The fraction of sp³-hybridized carbons (Fsp3) is 1.00. The van der Waals surface area contributed by atoms with Gasteiger partial charge in [-0.15, -0.1) is 0 Å². The third-order valence-electron chi connectivity index (χ3n) is 4.05. The lowest BCUT2D eigenvalue weighted by Gasteiger charge is -2.46. The van der Waals surface area contributed by atoms with Crippen molar-refractivity contribution < 1.29 is 0 Å². The lowest BCUT2D eigenvalue weighted by Crippen LogP contribution is -2.58. The average Bonchev–Trinajstić information content (AvgIpc) is 2.21. The van der Waals surface area contributed by atoms with Gasteiger partial charge in [-0.1, -0.05) is 13.8 Å². The normalized spacial score (nSPS) is 28.2. The number of hydrogen-bond donors (Lipinski definition) is 0. The maximum absolute atomic E-state index is 2.69. The molecule has 1 rings (SSSR count). The van der Waals surface area contributed by atoms with Crippen LogP contribution in [0.5, 0.6) is 0 Å². The van der Waals surface area contributed by atoms with Crippen molar-refractivity contribution in [1.82, 2.24) is 9.80 Å². The van der Waals surface area contributed by atoms with Gasteiger partial charge < -0.3 is 0 Å². The molecule has 0 aromatic rings. The molecule has 0 aromatic carbocycles. The molecule has 0 N–H and O–H groups in total. The van der Waals surface area contributed by atoms with Gasteiger partial charge in [0.25, 0.3) is 0 Å². The van der Waals surface area contributed by atoms with Crippen LogP contribution in [-0.2, 0) is 0 Å². The van der Waals surface area contributed by atoms with Crippen LogP contribution in [0.1, 0.15) is 54.4 Å². The smallest absolute Gasteiger partial charge is 0.0198 e. The highest BCUT2D eigenvalue weighted by molar-refractivity contribution is 4.86. The number of piperazine rings is 1. The van der Waals surface area contributed by atoms with E-state index in [1.807, 2.05) is 0 Å². The first-order valence-corrected chi connectivity index (χ1v) is 7.41. The lowest BCUT2D eigenvalue weighted by molar-refractivity contribution is 0.0227.